The van der Waals surface area contributed by atoms with Crippen molar-refractivity contribution in [3.63, 3.8) is 0 Å². The maximum absolute atomic E-state index is 4.47. The number of rotatable bonds is 4. The van der Waals surface area contributed by atoms with Gasteiger partial charge in [-0.05, 0) is 32.4 Å². The first-order chi connectivity index (χ1) is 9.02. The molecular weight excluding hydrogens is 254 g/mol. The molecule has 0 aliphatic rings. The molecule has 1 aromatic heterocycles. The second-order valence-electron chi connectivity index (χ2n) is 4.84. The van der Waals surface area contributed by atoms with Crippen LogP contribution in [0.15, 0.2) is 23.1 Å². The molecule has 0 saturated carbocycles. The van der Waals surface area contributed by atoms with Gasteiger partial charge in [-0.15, -0.1) is 11.8 Å². The van der Waals surface area contributed by atoms with E-state index in [9.17, 15) is 0 Å². The molecule has 1 heterocycles. The number of nitrogens with zero attached hydrogens (tertiary/aromatic N) is 2. The Kier molecular flexibility index (Phi) is 4.20. The Hall–Kier alpha value is -1.42. The molecule has 4 heteroatoms. The molecule has 2 aromatic rings. The Morgan fingerprint density at radius 2 is 2.00 bits per heavy atom. The minimum Gasteiger partial charge on any atom is -0.373 e. The van der Waals surface area contributed by atoms with Gasteiger partial charge >= 0.3 is 0 Å². The van der Waals surface area contributed by atoms with Gasteiger partial charge in [0.25, 0.3) is 0 Å². The van der Waals surface area contributed by atoms with Crippen LogP contribution in [-0.2, 0) is 12.8 Å². The number of nitrogens with one attached hydrogen (secondary N) is 1. The second-order valence-corrected chi connectivity index (χ2v) is 5.86. The highest BCUT2D eigenvalue weighted by atomic mass is 32.2. The minimum atomic E-state index is 0.945. The maximum atomic E-state index is 4.47. The average molecular weight is 275 g/mol. The molecule has 0 aliphatic heterocycles. The van der Waals surface area contributed by atoms with Crippen LogP contribution in [0.4, 0.5) is 5.82 Å². The van der Waals surface area contributed by atoms with Gasteiger partial charge in [0.1, 0.15) is 5.82 Å². The summed E-state index contributed by atoms with van der Waals surface area (Å²) in [6.07, 6.45) is 0. The van der Waals surface area contributed by atoms with Crippen LogP contribution >= 0.6 is 11.8 Å². The molecule has 2 rings (SSSR count). The molecule has 0 fully saturated rings. The predicted molar refractivity (Wildman–Crippen MR) is 83.0 cm³/mol. The maximum Gasteiger partial charge on any atom is 0.128 e. The van der Waals surface area contributed by atoms with Gasteiger partial charge in [-0.1, -0.05) is 17.7 Å². The third kappa shape index (κ3) is 2.95. The number of thioether (sulfide) groups is 1. The fraction of sp³-hybridized carbons (Fsp3) is 0.400. The van der Waals surface area contributed by atoms with Gasteiger partial charge in [0.2, 0.25) is 0 Å². The summed E-state index contributed by atoms with van der Waals surface area (Å²) in [7, 11) is 3.92. The fourth-order valence-electron chi connectivity index (χ4n) is 2.20. The Bertz CT molecular complexity index is 587. The van der Waals surface area contributed by atoms with Crippen LogP contribution in [0.3, 0.4) is 0 Å². The molecule has 1 aromatic carbocycles. The first-order valence-electron chi connectivity index (χ1n) is 6.43. The molecule has 0 saturated heterocycles. The zero-order chi connectivity index (χ0) is 14.0. The third-order valence-electron chi connectivity index (χ3n) is 3.30. The Labute approximate surface area is 119 Å². The minimum absolute atomic E-state index is 0.945. The molecule has 0 unspecified atom stereocenters. The third-order valence-corrected chi connectivity index (χ3v) is 4.48. The largest absolute Gasteiger partial charge is 0.373 e. The lowest BCUT2D eigenvalue weighted by atomic mass is 10.2. The summed E-state index contributed by atoms with van der Waals surface area (Å²) >= 11 is 1.88. The fourth-order valence-corrected chi connectivity index (χ4v) is 3.41. The van der Waals surface area contributed by atoms with Crippen molar-refractivity contribution < 1.29 is 0 Å². The van der Waals surface area contributed by atoms with Crippen molar-refractivity contribution in [2.75, 3.05) is 12.4 Å². The monoisotopic (exact) mass is 275 g/mol. The Morgan fingerprint density at radius 3 is 2.68 bits per heavy atom. The standard InChI is InChI=1S/C15H21N3S/c1-10-6-7-11(2)14(8-10)19-9-13-12(3)17-18(5)15(13)16-4/h6-8,16H,9H2,1-5H3. The lowest BCUT2D eigenvalue weighted by Crippen LogP contribution is -2.00. The van der Waals surface area contributed by atoms with E-state index < -0.39 is 0 Å². The van der Waals surface area contributed by atoms with Gasteiger partial charge in [0.05, 0.1) is 5.69 Å². The van der Waals surface area contributed by atoms with Crippen LogP contribution < -0.4 is 5.32 Å². The lowest BCUT2D eigenvalue weighted by Gasteiger charge is -2.08. The Morgan fingerprint density at radius 1 is 1.26 bits per heavy atom. The Balaban J connectivity index is 2.21. The quantitative estimate of drug-likeness (QED) is 0.863. The van der Waals surface area contributed by atoms with E-state index in [-0.39, 0.29) is 0 Å². The van der Waals surface area contributed by atoms with Gasteiger partial charge < -0.3 is 5.32 Å². The molecule has 0 bridgehead atoms. The summed E-state index contributed by atoms with van der Waals surface area (Å²) in [5.74, 6) is 2.05. The summed E-state index contributed by atoms with van der Waals surface area (Å²) in [5, 5.41) is 7.71. The van der Waals surface area contributed by atoms with Crippen molar-refractivity contribution in [2.45, 2.75) is 31.4 Å². The van der Waals surface area contributed by atoms with E-state index in [1.807, 2.05) is 30.5 Å². The van der Waals surface area contributed by atoms with Crippen LogP contribution in [0.2, 0.25) is 0 Å². The highest BCUT2D eigenvalue weighted by Crippen LogP contribution is 2.30. The van der Waals surface area contributed by atoms with E-state index in [1.54, 1.807) is 0 Å². The molecule has 19 heavy (non-hydrogen) atoms. The summed E-state index contributed by atoms with van der Waals surface area (Å²) in [6.45, 7) is 6.37. The number of aromatic nitrogens is 2. The van der Waals surface area contributed by atoms with E-state index in [1.165, 1.54) is 21.6 Å². The van der Waals surface area contributed by atoms with Crippen molar-refractivity contribution >= 4 is 17.6 Å². The van der Waals surface area contributed by atoms with Crippen molar-refractivity contribution in [2.24, 2.45) is 7.05 Å². The summed E-state index contributed by atoms with van der Waals surface area (Å²) < 4.78 is 1.91. The van der Waals surface area contributed by atoms with E-state index >= 15 is 0 Å². The van der Waals surface area contributed by atoms with Crippen molar-refractivity contribution in [3.8, 4) is 0 Å². The number of benzene rings is 1. The summed E-state index contributed by atoms with van der Waals surface area (Å²) in [6, 6.07) is 6.60. The number of hydrogen-bond acceptors (Lipinski definition) is 3. The molecule has 1 N–H and O–H groups in total. The zero-order valence-corrected chi connectivity index (χ0v) is 13.1. The van der Waals surface area contributed by atoms with Gasteiger partial charge in [0, 0.05) is 30.3 Å². The molecule has 0 aliphatic carbocycles. The second kappa shape index (κ2) is 5.70. The molecule has 3 nitrogen and oxygen atoms in total. The van der Waals surface area contributed by atoms with Gasteiger partial charge in [-0.25, -0.2) is 0 Å². The first-order valence-corrected chi connectivity index (χ1v) is 7.41. The van der Waals surface area contributed by atoms with Crippen LogP contribution in [-0.4, -0.2) is 16.8 Å². The normalized spacial score (nSPS) is 10.8. The van der Waals surface area contributed by atoms with Gasteiger partial charge in [0.15, 0.2) is 0 Å². The van der Waals surface area contributed by atoms with E-state index in [2.05, 4.69) is 49.4 Å². The van der Waals surface area contributed by atoms with Crippen LogP contribution in [0.5, 0.6) is 0 Å². The molecule has 0 spiro atoms. The lowest BCUT2D eigenvalue weighted by molar-refractivity contribution is 0.763. The van der Waals surface area contributed by atoms with Gasteiger partial charge in [-0.3, -0.25) is 4.68 Å². The van der Waals surface area contributed by atoms with E-state index in [4.69, 9.17) is 0 Å². The number of aryl methyl sites for hydroxylation is 4. The van der Waals surface area contributed by atoms with Crippen molar-refractivity contribution in [1.29, 1.82) is 0 Å². The highest BCUT2D eigenvalue weighted by molar-refractivity contribution is 7.98. The average Bonchev–Trinajstić information content (AvgIpc) is 2.64. The van der Waals surface area contributed by atoms with Crippen molar-refractivity contribution in [3.05, 3.63) is 40.6 Å². The highest BCUT2D eigenvalue weighted by Gasteiger charge is 2.12. The number of anilines is 1. The van der Waals surface area contributed by atoms with E-state index in [0.717, 1.165) is 17.3 Å². The molecule has 102 valence electrons. The predicted octanol–water partition coefficient (Wildman–Crippen LogP) is 3.68. The smallest absolute Gasteiger partial charge is 0.128 e. The molecule has 0 atom stereocenters. The van der Waals surface area contributed by atoms with E-state index in [0.29, 0.717) is 0 Å². The van der Waals surface area contributed by atoms with Crippen molar-refractivity contribution in [1.82, 2.24) is 9.78 Å². The SMILES string of the molecule is CNc1c(CSc2cc(C)ccc2C)c(C)nn1C. The molecule has 0 radical (unpaired) electrons. The van der Waals surface area contributed by atoms with Crippen LogP contribution in [0, 0.1) is 20.8 Å². The number of hydrogen-bond donors (Lipinski definition) is 1. The first kappa shape index (κ1) is 14.0. The van der Waals surface area contributed by atoms with Crippen LogP contribution in [0.25, 0.3) is 0 Å². The summed E-state index contributed by atoms with van der Waals surface area (Å²) in [4.78, 5) is 1.35. The summed E-state index contributed by atoms with van der Waals surface area (Å²) in [5.41, 5.74) is 5.04. The molecule has 0 amide bonds. The topological polar surface area (TPSA) is 29.9 Å². The van der Waals surface area contributed by atoms with Gasteiger partial charge in [-0.2, -0.15) is 5.10 Å². The molecular formula is C15H21N3S. The van der Waals surface area contributed by atoms with Crippen LogP contribution in [0.1, 0.15) is 22.4 Å². The zero-order valence-electron chi connectivity index (χ0n) is 12.2.